The third-order valence-electron chi connectivity index (χ3n) is 5.28. The van der Waals surface area contributed by atoms with E-state index < -0.39 is 12.1 Å². The highest BCUT2D eigenvalue weighted by atomic mass is 16.3. The molecule has 1 aliphatic heterocycles. The predicted octanol–water partition coefficient (Wildman–Crippen LogP) is 3.50. The van der Waals surface area contributed by atoms with Crippen LogP contribution in [-0.4, -0.2) is 34.2 Å². The number of amides is 1. The van der Waals surface area contributed by atoms with Crippen LogP contribution in [0.3, 0.4) is 0 Å². The molecule has 0 saturated carbocycles. The molecule has 2 aromatic rings. The number of hydrogen-bond donors (Lipinski definition) is 2. The predicted molar refractivity (Wildman–Crippen MR) is 108 cm³/mol. The van der Waals surface area contributed by atoms with Gasteiger partial charge in [-0.1, -0.05) is 80.4 Å². The molecule has 0 aromatic heterocycles. The Hall–Kier alpha value is -2.17. The molecule has 1 heterocycles. The van der Waals surface area contributed by atoms with Gasteiger partial charge < -0.3 is 10.0 Å². The summed E-state index contributed by atoms with van der Waals surface area (Å²) >= 11 is 0. The van der Waals surface area contributed by atoms with Gasteiger partial charge in [-0.05, 0) is 30.4 Å². The maximum absolute atomic E-state index is 13.0. The van der Waals surface area contributed by atoms with Gasteiger partial charge >= 0.3 is 0 Å². The summed E-state index contributed by atoms with van der Waals surface area (Å²) in [6.45, 7) is 2.74. The third kappa shape index (κ3) is 5.18. The van der Waals surface area contributed by atoms with Crippen molar-refractivity contribution in [3.05, 3.63) is 71.8 Å². The Morgan fingerprint density at radius 3 is 2.30 bits per heavy atom. The fourth-order valence-electron chi connectivity index (χ4n) is 3.71. The maximum atomic E-state index is 13.0. The summed E-state index contributed by atoms with van der Waals surface area (Å²) < 4.78 is 0. The van der Waals surface area contributed by atoms with Crippen LogP contribution in [0.4, 0.5) is 0 Å². The van der Waals surface area contributed by atoms with Crippen molar-refractivity contribution in [2.75, 3.05) is 0 Å². The first-order valence-electron chi connectivity index (χ1n) is 10.0. The number of aryl methyl sites for hydroxylation is 1. The lowest BCUT2D eigenvalue weighted by atomic mass is 10.0. The number of nitrogens with zero attached hydrogens (tertiary/aromatic N) is 1. The zero-order chi connectivity index (χ0) is 19.1. The summed E-state index contributed by atoms with van der Waals surface area (Å²) in [5.41, 5.74) is 2.30. The normalized spacial score (nSPS) is 20.8. The first-order valence-corrected chi connectivity index (χ1v) is 10.0. The second-order valence-electron chi connectivity index (χ2n) is 7.35. The maximum Gasteiger partial charge on any atom is 0.244 e. The van der Waals surface area contributed by atoms with Crippen molar-refractivity contribution < 1.29 is 9.90 Å². The topological polar surface area (TPSA) is 52.6 Å². The van der Waals surface area contributed by atoms with Gasteiger partial charge in [0.05, 0.1) is 12.3 Å². The van der Waals surface area contributed by atoms with Gasteiger partial charge in [-0.3, -0.25) is 10.1 Å². The van der Waals surface area contributed by atoms with Crippen LogP contribution in [-0.2, 0) is 17.8 Å². The van der Waals surface area contributed by atoms with E-state index in [1.807, 2.05) is 53.4 Å². The Bertz CT molecular complexity index is 705. The molecule has 2 aromatic carbocycles. The number of nitrogens with one attached hydrogen (secondary N) is 1. The van der Waals surface area contributed by atoms with Gasteiger partial charge in [0.2, 0.25) is 5.91 Å². The van der Waals surface area contributed by atoms with E-state index in [4.69, 9.17) is 0 Å². The Balaban J connectivity index is 1.65. The van der Waals surface area contributed by atoms with E-state index in [2.05, 4.69) is 24.4 Å². The van der Waals surface area contributed by atoms with E-state index in [1.54, 1.807) is 0 Å². The van der Waals surface area contributed by atoms with Crippen molar-refractivity contribution >= 4 is 5.91 Å². The Morgan fingerprint density at radius 1 is 1.04 bits per heavy atom. The Labute approximate surface area is 162 Å². The molecule has 27 heavy (non-hydrogen) atoms. The van der Waals surface area contributed by atoms with E-state index in [9.17, 15) is 9.90 Å². The SMILES string of the molecule is CCCCC1N[C@@H]([C@H](O)CCc2ccccc2)C(=O)N1Cc1ccccc1. The summed E-state index contributed by atoms with van der Waals surface area (Å²) in [6.07, 6.45) is 3.72. The number of aliphatic hydroxyl groups excluding tert-OH is 1. The van der Waals surface area contributed by atoms with Crippen LogP contribution < -0.4 is 5.32 Å². The number of benzene rings is 2. The van der Waals surface area contributed by atoms with Crippen molar-refractivity contribution in [2.45, 2.75) is 63.9 Å². The Kier molecular flexibility index (Phi) is 7.02. The molecule has 2 N–H and O–H groups in total. The highest BCUT2D eigenvalue weighted by Crippen LogP contribution is 2.22. The molecule has 0 bridgehead atoms. The summed E-state index contributed by atoms with van der Waals surface area (Å²) in [5, 5.41) is 14.1. The third-order valence-corrected chi connectivity index (χ3v) is 5.28. The number of carbonyl (C=O) groups is 1. The van der Waals surface area contributed by atoms with Crippen molar-refractivity contribution in [2.24, 2.45) is 0 Å². The first kappa shape index (κ1) is 19.6. The average molecular weight is 367 g/mol. The fraction of sp³-hybridized carbons (Fsp3) is 0.435. The van der Waals surface area contributed by atoms with Gasteiger partial charge in [0.15, 0.2) is 0 Å². The van der Waals surface area contributed by atoms with Crippen molar-refractivity contribution in [3.8, 4) is 0 Å². The molecule has 1 unspecified atom stereocenters. The second-order valence-corrected chi connectivity index (χ2v) is 7.35. The molecule has 0 aliphatic carbocycles. The minimum atomic E-state index is -0.678. The number of rotatable bonds is 9. The molecular weight excluding hydrogens is 336 g/mol. The fourth-order valence-corrected chi connectivity index (χ4v) is 3.71. The van der Waals surface area contributed by atoms with Crippen molar-refractivity contribution in [1.82, 2.24) is 10.2 Å². The minimum absolute atomic E-state index is 0.00553. The summed E-state index contributed by atoms with van der Waals surface area (Å²) in [5.74, 6) is 0.0144. The molecule has 1 amide bonds. The molecule has 1 aliphatic rings. The van der Waals surface area contributed by atoms with Gasteiger partial charge in [0.1, 0.15) is 6.04 Å². The summed E-state index contributed by atoms with van der Waals surface area (Å²) in [7, 11) is 0. The van der Waals surface area contributed by atoms with E-state index in [-0.39, 0.29) is 12.1 Å². The lowest BCUT2D eigenvalue weighted by Crippen LogP contribution is -2.41. The van der Waals surface area contributed by atoms with Gasteiger partial charge in [0, 0.05) is 6.54 Å². The van der Waals surface area contributed by atoms with Crippen LogP contribution in [0.5, 0.6) is 0 Å². The largest absolute Gasteiger partial charge is 0.391 e. The van der Waals surface area contributed by atoms with Gasteiger partial charge in [-0.15, -0.1) is 0 Å². The number of carbonyl (C=O) groups excluding carboxylic acids is 1. The average Bonchev–Trinajstić information content (AvgIpc) is 3.02. The lowest BCUT2D eigenvalue weighted by Gasteiger charge is -2.24. The van der Waals surface area contributed by atoms with Crippen molar-refractivity contribution in [3.63, 3.8) is 0 Å². The summed E-state index contributed by atoms with van der Waals surface area (Å²) in [6, 6.07) is 19.7. The van der Waals surface area contributed by atoms with Crippen LogP contribution in [0.1, 0.15) is 43.7 Å². The summed E-state index contributed by atoms with van der Waals surface area (Å²) in [4.78, 5) is 14.9. The number of unbranched alkanes of at least 4 members (excludes halogenated alkanes) is 1. The Morgan fingerprint density at radius 2 is 1.67 bits per heavy atom. The quantitative estimate of drug-likeness (QED) is 0.714. The molecule has 1 saturated heterocycles. The van der Waals surface area contributed by atoms with E-state index in [0.29, 0.717) is 13.0 Å². The smallest absolute Gasteiger partial charge is 0.244 e. The molecule has 4 nitrogen and oxygen atoms in total. The zero-order valence-electron chi connectivity index (χ0n) is 16.1. The molecule has 0 spiro atoms. The molecule has 3 rings (SSSR count). The molecule has 3 atom stereocenters. The van der Waals surface area contributed by atoms with Crippen LogP contribution in [0, 0.1) is 0 Å². The number of hydrogen-bond acceptors (Lipinski definition) is 3. The lowest BCUT2D eigenvalue weighted by molar-refractivity contribution is -0.132. The molecule has 4 heteroatoms. The van der Waals surface area contributed by atoms with Gasteiger partial charge in [-0.25, -0.2) is 0 Å². The van der Waals surface area contributed by atoms with Crippen LogP contribution in [0.2, 0.25) is 0 Å². The standard InChI is InChI=1S/C23H30N2O2/c1-2-3-14-21-24-22(20(26)16-15-18-10-6-4-7-11-18)23(27)25(21)17-19-12-8-5-9-13-19/h4-13,20-22,24,26H,2-3,14-17H2,1H3/t20-,21?,22+/m1/s1. The van der Waals surface area contributed by atoms with E-state index >= 15 is 0 Å². The molecule has 1 fully saturated rings. The number of aliphatic hydroxyl groups is 1. The van der Waals surface area contributed by atoms with E-state index in [1.165, 1.54) is 5.56 Å². The second kappa shape index (κ2) is 9.67. The van der Waals surface area contributed by atoms with Gasteiger partial charge in [0.25, 0.3) is 0 Å². The molecule has 0 radical (unpaired) electrons. The van der Waals surface area contributed by atoms with Gasteiger partial charge in [-0.2, -0.15) is 0 Å². The molecule has 144 valence electrons. The zero-order valence-corrected chi connectivity index (χ0v) is 16.1. The van der Waals surface area contributed by atoms with Crippen LogP contribution in [0.15, 0.2) is 60.7 Å². The van der Waals surface area contributed by atoms with E-state index in [0.717, 1.165) is 31.2 Å². The highest BCUT2D eigenvalue weighted by molar-refractivity contribution is 5.85. The minimum Gasteiger partial charge on any atom is -0.391 e. The monoisotopic (exact) mass is 366 g/mol. The van der Waals surface area contributed by atoms with Crippen LogP contribution in [0.25, 0.3) is 0 Å². The van der Waals surface area contributed by atoms with Crippen LogP contribution >= 0.6 is 0 Å². The highest BCUT2D eigenvalue weighted by Gasteiger charge is 2.41. The molecular formula is C23H30N2O2. The van der Waals surface area contributed by atoms with Crippen molar-refractivity contribution in [1.29, 1.82) is 0 Å². The first-order chi connectivity index (χ1) is 13.2.